The normalized spacial score (nSPS) is 20.2. The summed E-state index contributed by atoms with van der Waals surface area (Å²) < 4.78 is 13.8. The van der Waals surface area contributed by atoms with Crippen LogP contribution in [-0.2, 0) is 15.9 Å². The maximum absolute atomic E-state index is 11.9. The van der Waals surface area contributed by atoms with E-state index in [0.717, 1.165) is 18.4 Å². The van der Waals surface area contributed by atoms with Crippen molar-refractivity contribution >= 4 is 12.6 Å². The molecule has 0 bridgehead atoms. The lowest BCUT2D eigenvalue weighted by atomic mass is 9.80. The third kappa shape index (κ3) is 3.41. The summed E-state index contributed by atoms with van der Waals surface area (Å²) >= 11 is 0. The van der Waals surface area contributed by atoms with Crippen LogP contribution in [0.3, 0.4) is 0 Å². The summed E-state index contributed by atoms with van der Waals surface area (Å²) in [6, 6.07) is 3.40. The fraction of sp³-hybridized carbons (Fsp3) is 0.688. The van der Waals surface area contributed by atoms with Crippen molar-refractivity contribution in [3.8, 4) is 0 Å². The van der Waals surface area contributed by atoms with Crippen LogP contribution in [0, 0.1) is 5.92 Å². The van der Waals surface area contributed by atoms with Crippen molar-refractivity contribution < 1.29 is 9.31 Å². The Hall–Kier alpha value is -1.07. The van der Waals surface area contributed by atoms with Crippen LogP contribution < -0.4 is 11.0 Å². The van der Waals surface area contributed by atoms with E-state index >= 15 is 0 Å². The van der Waals surface area contributed by atoms with Crippen LogP contribution in [0.25, 0.3) is 0 Å². The van der Waals surface area contributed by atoms with Gasteiger partial charge in [-0.15, -0.1) is 0 Å². The number of aryl methyl sites for hydroxylation is 1. The number of hydrogen-bond donors (Lipinski definition) is 0. The Morgan fingerprint density at radius 3 is 2.24 bits per heavy atom. The zero-order chi connectivity index (χ0) is 15.8. The van der Waals surface area contributed by atoms with E-state index in [1.54, 1.807) is 16.7 Å². The zero-order valence-electron chi connectivity index (χ0n) is 14.0. The Morgan fingerprint density at radius 1 is 1.14 bits per heavy atom. The fourth-order valence-electron chi connectivity index (χ4n) is 2.24. The molecule has 1 aromatic rings. The highest BCUT2D eigenvalue weighted by Crippen LogP contribution is 2.36. The van der Waals surface area contributed by atoms with E-state index in [1.807, 2.05) is 33.9 Å². The lowest BCUT2D eigenvalue weighted by Crippen LogP contribution is -2.41. The van der Waals surface area contributed by atoms with E-state index in [0.29, 0.717) is 5.92 Å². The standard InChI is InChI=1S/C16H26BNO3/c1-12(2)9-10-18-11-13(7-8-14(18)19)17-20-15(3,4)16(5,6)21-17/h7-8,11-12H,9-10H2,1-6H3. The van der Waals surface area contributed by atoms with E-state index in [4.69, 9.17) is 9.31 Å². The average Bonchev–Trinajstić information content (AvgIpc) is 2.57. The summed E-state index contributed by atoms with van der Waals surface area (Å²) in [6.45, 7) is 13.2. The fourth-order valence-corrected chi connectivity index (χ4v) is 2.24. The number of pyridine rings is 1. The molecular weight excluding hydrogens is 265 g/mol. The van der Waals surface area contributed by atoms with Crippen molar-refractivity contribution in [2.45, 2.75) is 65.7 Å². The molecule has 0 unspecified atom stereocenters. The van der Waals surface area contributed by atoms with Gasteiger partial charge in [0.05, 0.1) is 11.2 Å². The van der Waals surface area contributed by atoms with Gasteiger partial charge < -0.3 is 13.9 Å². The molecule has 21 heavy (non-hydrogen) atoms. The number of aromatic nitrogens is 1. The first-order valence-electron chi connectivity index (χ1n) is 7.68. The summed E-state index contributed by atoms with van der Waals surface area (Å²) in [7, 11) is -0.416. The molecular formula is C16H26BNO3. The lowest BCUT2D eigenvalue weighted by Gasteiger charge is -2.32. The van der Waals surface area contributed by atoms with Crippen molar-refractivity contribution in [2.24, 2.45) is 5.92 Å². The third-order valence-electron chi connectivity index (χ3n) is 4.48. The Bertz CT molecular complexity index is 547. The van der Waals surface area contributed by atoms with E-state index in [2.05, 4.69) is 13.8 Å². The molecule has 0 saturated carbocycles. The molecule has 2 rings (SSSR count). The van der Waals surface area contributed by atoms with Gasteiger partial charge in [-0.2, -0.15) is 0 Å². The lowest BCUT2D eigenvalue weighted by molar-refractivity contribution is 0.00578. The highest BCUT2D eigenvalue weighted by molar-refractivity contribution is 6.62. The van der Waals surface area contributed by atoms with Crippen LogP contribution in [0.2, 0.25) is 0 Å². The highest BCUT2D eigenvalue weighted by Gasteiger charge is 2.51. The molecule has 116 valence electrons. The molecule has 2 heterocycles. The van der Waals surface area contributed by atoms with Crippen LogP contribution in [0.1, 0.15) is 48.0 Å². The Labute approximate surface area is 127 Å². The number of nitrogens with zero attached hydrogens (tertiary/aromatic N) is 1. The summed E-state index contributed by atoms with van der Waals surface area (Å²) in [5.74, 6) is 0.567. The number of rotatable bonds is 4. The Kier molecular flexibility index (Phi) is 4.36. The van der Waals surface area contributed by atoms with Crippen LogP contribution in [0.15, 0.2) is 23.1 Å². The molecule has 1 aromatic heterocycles. The minimum absolute atomic E-state index is 0.0240. The second kappa shape index (κ2) is 5.62. The topological polar surface area (TPSA) is 40.5 Å². The number of hydrogen-bond acceptors (Lipinski definition) is 3. The van der Waals surface area contributed by atoms with Crippen molar-refractivity contribution in [2.75, 3.05) is 0 Å². The maximum atomic E-state index is 11.9. The monoisotopic (exact) mass is 291 g/mol. The molecule has 0 aromatic carbocycles. The predicted octanol–water partition coefficient (Wildman–Crippen LogP) is 2.19. The van der Waals surface area contributed by atoms with Gasteiger partial charge in [0.1, 0.15) is 0 Å². The van der Waals surface area contributed by atoms with Crippen LogP contribution in [0.5, 0.6) is 0 Å². The van der Waals surface area contributed by atoms with E-state index in [-0.39, 0.29) is 16.8 Å². The van der Waals surface area contributed by atoms with E-state index in [9.17, 15) is 4.79 Å². The molecule has 0 atom stereocenters. The maximum Gasteiger partial charge on any atom is 0.496 e. The van der Waals surface area contributed by atoms with Gasteiger partial charge in [-0.05, 0) is 45.5 Å². The van der Waals surface area contributed by atoms with E-state index in [1.165, 1.54) is 0 Å². The van der Waals surface area contributed by atoms with Crippen molar-refractivity contribution in [1.29, 1.82) is 0 Å². The van der Waals surface area contributed by atoms with Crippen molar-refractivity contribution in [3.63, 3.8) is 0 Å². The minimum Gasteiger partial charge on any atom is -0.399 e. The van der Waals surface area contributed by atoms with Gasteiger partial charge in [-0.25, -0.2) is 0 Å². The summed E-state index contributed by atoms with van der Waals surface area (Å²) in [5, 5.41) is 0. The minimum atomic E-state index is -0.416. The first-order valence-corrected chi connectivity index (χ1v) is 7.68. The highest BCUT2D eigenvalue weighted by atomic mass is 16.7. The molecule has 1 aliphatic rings. The molecule has 1 aliphatic heterocycles. The van der Waals surface area contributed by atoms with Gasteiger partial charge in [-0.1, -0.05) is 19.9 Å². The van der Waals surface area contributed by atoms with Crippen molar-refractivity contribution in [1.82, 2.24) is 4.57 Å². The van der Waals surface area contributed by atoms with Crippen molar-refractivity contribution in [3.05, 3.63) is 28.7 Å². The largest absolute Gasteiger partial charge is 0.496 e. The second-order valence-electron chi connectivity index (χ2n) is 7.26. The summed E-state index contributed by atoms with van der Waals surface area (Å²) in [4.78, 5) is 11.9. The quantitative estimate of drug-likeness (QED) is 0.798. The van der Waals surface area contributed by atoms with E-state index < -0.39 is 7.12 Å². The molecule has 0 spiro atoms. The Morgan fingerprint density at radius 2 is 1.71 bits per heavy atom. The first kappa shape index (κ1) is 16.3. The van der Waals surface area contributed by atoms with Gasteiger partial charge in [0.25, 0.3) is 0 Å². The summed E-state index contributed by atoms with van der Waals surface area (Å²) in [6.07, 6.45) is 2.85. The second-order valence-corrected chi connectivity index (χ2v) is 7.26. The molecule has 0 aliphatic carbocycles. The smallest absolute Gasteiger partial charge is 0.399 e. The molecule has 0 N–H and O–H groups in total. The molecule has 4 nitrogen and oxygen atoms in total. The third-order valence-corrected chi connectivity index (χ3v) is 4.48. The van der Waals surface area contributed by atoms with Crippen LogP contribution in [0.4, 0.5) is 0 Å². The SMILES string of the molecule is CC(C)CCn1cc(B2OC(C)(C)C(C)(C)O2)ccc1=O. The van der Waals surface area contributed by atoms with Gasteiger partial charge in [-0.3, -0.25) is 4.79 Å². The molecule has 1 saturated heterocycles. The Balaban J connectivity index is 2.22. The molecule has 1 fully saturated rings. The van der Waals surface area contributed by atoms with Gasteiger partial charge in [0, 0.05) is 18.8 Å². The predicted molar refractivity (Wildman–Crippen MR) is 85.9 cm³/mol. The average molecular weight is 291 g/mol. The van der Waals surface area contributed by atoms with Gasteiger partial charge in [0.2, 0.25) is 5.56 Å². The zero-order valence-corrected chi connectivity index (χ0v) is 14.0. The molecule has 0 amide bonds. The van der Waals surface area contributed by atoms with Crippen LogP contribution in [-0.4, -0.2) is 22.9 Å². The molecule has 5 heteroatoms. The molecule has 0 radical (unpaired) electrons. The van der Waals surface area contributed by atoms with Crippen LogP contribution >= 0.6 is 0 Å². The summed E-state index contributed by atoms with van der Waals surface area (Å²) in [5.41, 5.74) is 0.195. The van der Waals surface area contributed by atoms with Gasteiger partial charge >= 0.3 is 7.12 Å². The first-order chi connectivity index (χ1) is 9.62. The van der Waals surface area contributed by atoms with Gasteiger partial charge in [0.15, 0.2) is 0 Å².